The first-order chi connectivity index (χ1) is 9.51. The second kappa shape index (κ2) is 6.00. The van der Waals surface area contributed by atoms with Crippen molar-refractivity contribution in [2.24, 2.45) is 0 Å². The second-order valence-electron chi connectivity index (χ2n) is 5.53. The highest BCUT2D eigenvalue weighted by atomic mass is 15.1. The van der Waals surface area contributed by atoms with Gasteiger partial charge in [0.1, 0.15) is 0 Å². The predicted molar refractivity (Wildman–Crippen MR) is 88.7 cm³/mol. The van der Waals surface area contributed by atoms with Crippen molar-refractivity contribution in [3.8, 4) is 0 Å². The fraction of sp³-hybridized carbons (Fsp3) is 0.333. The summed E-state index contributed by atoms with van der Waals surface area (Å²) in [6.45, 7) is 7.50. The first-order valence-electron chi connectivity index (χ1n) is 7.07. The molecule has 0 saturated heterocycles. The molecule has 20 heavy (non-hydrogen) atoms. The van der Waals surface area contributed by atoms with Crippen molar-refractivity contribution >= 4 is 11.4 Å². The lowest BCUT2D eigenvalue weighted by Gasteiger charge is -2.23. The molecule has 0 aliphatic rings. The average molecular weight is 268 g/mol. The van der Waals surface area contributed by atoms with E-state index in [0.29, 0.717) is 0 Å². The van der Waals surface area contributed by atoms with Crippen LogP contribution in [-0.2, 0) is 6.54 Å². The third-order valence-corrected chi connectivity index (χ3v) is 3.81. The number of hydrogen-bond acceptors (Lipinski definition) is 2. The Morgan fingerprint density at radius 2 is 1.65 bits per heavy atom. The molecule has 0 unspecified atom stereocenters. The Kier molecular flexibility index (Phi) is 4.33. The molecule has 0 heterocycles. The zero-order valence-corrected chi connectivity index (χ0v) is 13.1. The smallest absolute Gasteiger partial charge is 0.0431 e. The summed E-state index contributed by atoms with van der Waals surface area (Å²) >= 11 is 0. The topological polar surface area (TPSA) is 15.3 Å². The van der Waals surface area contributed by atoms with Gasteiger partial charge in [0, 0.05) is 32.0 Å². The van der Waals surface area contributed by atoms with Gasteiger partial charge in [0.05, 0.1) is 0 Å². The number of hydrogen-bond donors (Lipinski definition) is 1. The number of aryl methyl sites for hydroxylation is 3. The van der Waals surface area contributed by atoms with Gasteiger partial charge in [-0.15, -0.1) is 0 Å². The Morgan fingerprint density at radius 1 is 1.00 bits per heavy atom. The summed E-state index contributed by atoms with van der Waals surface area (Å²) in [5, 5.41) is 3.19. The third-order valence-electron chi connectivity index (χ3n) is 3.81. The lowest BCUT2D eigenvalue weighted by molar-refractivity contribution is 0.904. The Morgan fingerprint density at radius 3 is 2.25 bits per heavy atom. The van der Waals surface area contributed by atoms with Crippen LogP contribution in [0, 0.1) is 20.8 Å². The fourth-order valence-corrected chi connectivity index (χ4v) is 2.69. The Balaban J connectivity index is 2.25. The number of nitrogens with zero attached hydrogens (tertiary/aromatic N) is 1. The standard InChI is InChI=1S/C18H24N2/c1-13-9-14(2)18(15(3)10-13)12-20(5)17-8-6-7-16(11-17)19-4/h6-11,19H,12H2,1-5H3. The van der Waals surface area contributed by atoms with Gasteiger partial charge in [-0.05, 0) is 55.7 Å². The highest BCUT2D eigenvalue weighted by Crippen LogP contribution is 2.23. The van der Waals surface area contributed by atoms with Gasteiger partial charge in [-0.2, -0.15) is 0 Å². The van der Waals surface area contributed by atoms with Gasteiger partial charge in [0.15, 0.2) is 0 Å². The SMILES string of the molecule is CNc1cccc(N(C)Cc2c(C)cc(C)cc2C)c1. The van der Waals surface area contributed by atoms with Crippen molar-refractivity contribution in [2.75, 3.05) is 24.3 Å². The summed E-state index contributed by atoms with van der Waals surface area (Å²) in [4.78, 5) is 2.30. The third kappa shape index (κ3) is 3.13. The maximum Gasteiger partial charge on any atom is 0.0431 e. The molecule has 0 atom stereocenters. The maximum atomic E-state index is 3.19. The number of nitrogens with one attached hydrogen (secondary N) is 1. The minimum Gasteiger partial charge on any atom is -0.388 e. The van der Waals surface area contributed by atoms with Crippen molar-refractivity contribution in [2.45, 2.75) is 27.3 Å². The van der Waals surface area contributed by atoms with Crippen LogP contribution in [0.2, 0.25) is 0 Å². The molecule has 106 valence electrons. The van der Waals surface area contributed by atoms with Crippen molar-refractivity contribution in [3.05, 3.63) is 58.7 Å². The van der Waals surface area contributed by atoms with Crippen molar-refractivity contribution < 1.29 is 0 Å². The van der Waals surface area contributed by atoms with Crippen LogP contribution >= 0.6 is 0 Å². The van der Waals surface area contributed by atoms with E-state index in [9.17, 15) is 0 Å². The highest BCUT2D eigenvalue weighted by Gasteiger charge is 2.08. The summed E-state index contributed by atoms with van der Waals surface area (Å²) in [5.74, 6) is 0. The van der Waals surface area contributed by atoms with Gasteiger partial charge in [0.2, 0.25) is 0 Å². The van der Waals surface area contributed by atoms with Crippen LogP contribution in [0.5, 0.6) is 0 Å². The second-order valence-corrected chi connectivity index (χ2v) is 5.53. The highest BCUT2D eigenvalue weighted by molar-refractivity contribution is 5.58. The van der Waals surface area contributed by atoms with Crippen molar-refractivity contribution in [3.63, 3.8) is 0 Å². The van der Waals surface area contributed by atoms with Gasteiger partial charge < -0.3 is 10.2 Å². The quantitative estimate of drug-likeness (QED) is 0.890. The molecular formula is C18H24N2. The molecule has 2 aromatic carbocycles. The Bertz CT molecular complexity index is 579. The molecule has 0 bridgehead atoms. The summed E-state index contributed by atoms with van der Waals surface area (Å²) < 4.78 is 0. The van der Waals surface area contributed by atoms with Gasteiger partial charge in [-0.3, -0.25) is 0 Å². The average Bonchev–Trinajstić information content (AvgIpc) is 2.42. The molecule has 0 fully saturated rings. The molecule has 0 spiro atoms. The first kappa shape index (κ1) is 14.4. The molecule has 0 saturated carbocycles. The molecule has 0 radical (unpaired) electrons. The molecule has 0 amide bonds. The minimum atomic E-state index is 0.936. The fourth-order valence-electron chi connectivity index (χ4n) is 2.69. The van der Waals surface area contributed by atoms with Crippen molar-refractivity contribution in [1.82, 2.24) is 0 Å². The molecule has 2 nitrogen and oxygen atoms in total. The lowest BCUT2D eigenvalue weighted by atomic mass is 9.99. The zero-order valence-electron chi connectivity index (χ0n) is 13.1. The van der Waals surface area contributed by atoms with Gasteiger partial charge in [-0.25, -0.2) is 0 Å². The molecule has 2 heteroatoms. The molecular weight excluding hydrogens is 244 g/mol. The van der Waals surface area contributed by atoms with E-state index in [1.165, 1.54) is 27.9 Å². The lowest BCUT2D eigenvalue weighted by Crippen LogP contribution is -2.18. The number of benzene rings is 2. The molecule has 1 N–H and O–H groups in total. The molecule has 2 rings (SSSR count). The minimum absolute atomic E-state index is 0.936. The monoisotopic (exact) mass is 268 g/mol. The Hall–Kier alpha value is -1.96. The van der Waals surface area contributed by atoms with Crippen LogP contribution in [0.3, 0.4) is 0 Å². The number of rotatable bonds is 4. The summed E-state index contributed by atoms with van der Waals surface area (Å²) in [6.07, 6.45) is 0. The van der Waals surface area contributed by atoms with E-state index < -0.39 is 0 Å². The summed E-state index contributed by atoms with van der Waals surface area (Å²) in [6, 6.07) is 13.0. The van der Waals surface area contributed by atoms with Crippen LogP contribution in [-0.4, -0.2) is 14.1 Å². The van der Waals surface area contributed by atoms with E-state index >= 15 is 0 Å². The van der Waals surface area contributed by atoms with E-state index in [-0.39, 0.29) is 0 Å². The van der Waals surface area contributed by atoms with Crippen molar-refractivity contribution in [1.29, 1.82) is 0 Å². The predicted octanol–water partition coefficient (Wildman–Crippen LogP) is 4.29. The van der Waals surface area contributed by atoms with Crippen LogP contribution in [0.1, 0.15) is 22.3 Å². The molecule has 2 aromatic rings. The van der Waals surface area contributed by atoms with Crippen LogP contribution < -0.4 is 10.2 Å². The van der Waals surface area contributed by atoms with Crippen LogP contribution in [0.25, 0.3) is 0 Å². The normalized spacial score (nSPS) is 10.4. The van der Waals surface area contributed by atoms with Gasteiger partial charge in [-0.1, -0.05) is 23.8 Å². The zero-order chi connectivity index (χ0) is 14.7. The van der Waals surface area contributed by atoms with E-state index in [2.05, 4.69) is 74.4 Å². The molecule has 0 aromatic heterocycles. The van der Waals surface area contributed by atoms with E-state index in [1.54, 1.807) is 0 Å². The van der Waals surface area contributed by atoms with Crippen LogP contribution in [0.15, 0.2) is 36.4 Å². The summed E-state index contributed by atoms with van der Waals surface area (Å²) in [7, 11) is 4.10. The Labute approximate surface area is 122 Å². The van der Waals surface area contributed by atoms with Crippen LogP contribution in [0.4, 0.5) is 11.4 Å². The first-order valence-corrected chi connectivity index (χ1v) is 7.07. The number of anilines is 2. The van der Waals surface area contributed by atoms with E-state index in [1.807, 2.05) is 7.05 Å². The molecule has 0 aliphatic heterocycles. The largest absolute Gasteiger partial charge is 0.388 e. The van der Waals surface area contributed by atoms with Gasteiger partial charge >= 0.3 is 0 Å². The van der Waals surface area contributed by atoms with E-state index in [0.717, 1.165) is 12.2 Å². The summed E-state index contributed by atoms with van der Waals surface area (Å²) in [5.41, 5.74) is 7.89. The maximum absolute atomic E-state index is 3.19. The molecule has 0 aliphatic carbocycles. The van der Waals surface area contributed by atoms with E-state index in [4.69, 9.17) is 0 Å². The van der Waals surface area contributed by atoms with Gasteiger partial charge in [0.25, 0.3) is 0 Å².